The van der Waals surface area contributed by atoms with E-state index in [4.69, 9.17) is 9.97 Å². The topological polar surface area (TPSA) is 88.3 Å². The minimum atomic E-state index is -0.320. The van der Waals surface area contributed by atoms with Crippen LogP contribution in [0.3, 0.4) is 0 Å². The van der Waals surface area contributed by atoms with Gasteiger partial charge in [0.25, 0.3) is 5.69 Å². The van der Waals surface area contributed by atoms with Gasteiger partial charge in [0.05, 0.1) is 10.4 Å². The van der Waals surface area contributed by atoms with Crippen LogP contribution in [0.4, 0.5) is 17.2 Å². The first-order valence-electron chi connectivity index (χ1n) is 10.1. The van der Waals surface area contributed by atoms with Gasteiger partial charge in [-0.1, -0.05) is 24.3 Å². The Kier molecular flexibility index (Phi) is 4.87. The molecule has 31 heavy (non-hydrogen) atoms. The van der Waals surface area contributed by atoms with Gasteiger partial charge in [0.15, 0.2) is 5.82 Å². The lowest BCUT2D eigenvalue weighted by molar-refractivity contribution is -0.384. The van der Waals surface area contributed by atoms with Gasteiger partial charge < -0.3 is 9.80 Å². The van der Waals surface area contributed by atoms with E-state index in [2.05, 4.69) is 14.8 Å². The van der Waals surface area contributed by atoms with Crippen molar-refractivity contribution in [2.24, 2.45) is 0 Å². The maximum atomic E-state index is 11.4. The molecule has 4 aromatic rings. The van der Waals surface area contributed by atoms with Crippen molar-refractivity contribution >= 4 is 28.1 Å². The van der Waals surface area contributed by atoms with Crippen LogP contribution in [0, 0.1) is 10.1 Å². The number of rotatable bonds is 4. The Bertz CT molecular complexity index is 1240. The highest BCUT2D eigenvalue weighted by atomic mass is 16.6. The quantitative estimate of drug-likeness (QED) is 0.371. The predicted molar refractivity (Wildman–Crippen MR) is 120 cm³/mol. The van der Waals surface area contributed by atoms with Crippen LogP contribution in [-0.2, 0) is 0 Å². The van der Waals surface area contributed by atoms with Crippen molar-refractivity contribution < 1.29 is 4.92 Å². The number of fused-ring (bicyclic) bond motifs is 1. The first-order chi connectivity index (χ1) is 15.2. The van der Waals surface area contributed by atoms with Crippen LogP contribution in [0.15, 0.2) is 73.1 Å². The molecule has 2 aromatic carbocycles. The third kappa shape index (κ3) is 3.63. The number of hydrogen-bond donors (Lipinski definition) is 0. The summed E-state index contributed by atoms with van der Waals surface area (Å²) in [5, 5.41) is 12.4. The molecule has 5 rings (SSSR count). The fourth-order valence-corrected chi connectivity index (χ4v) is 3.97. The minimum Gasteiger partial charge on any atom is -0.362 e. The van der Waals surface area contributed by atoms with Gasteiger partial charge in [-0.3, -0.25) is 15.1 Å². The van der Waals surface area contributed by atoms with Crippen molar-refractivity contribution in [1.29, 1.82) is 0 Å². The Hall–Kier alpha value is -4.07. The smallest absolute Gasteiger partial charge is 0.292 e. The van der Waals surface area contributed by atoms with E-state index < -0.39 is 0 Å². The molecule has 0 N–H and O–H groups in total. The number of anilines is 2. The lowest BCUT2D eigenvalue weighted by Gasteiger charge is -2.36. The van der Waals surface area contributed by atoms with Gasteiger partial charge in [-0.25, -0.2) is 9.97 Å². The summed E-state index contributed by atoms with van der Waals surface area (Å²) < 4.78 is 0. The van der Waals surface area contributed by atoms with Gasteiger partial charge in [0, 0.05) is 55.6 Å². The number of aromatic nitrogens is 3. The monoisotopic (exact) mass is 412 g/mol. The molecule has 0 spiro atoms. The third-order valence-corrected chi connectivity index (χ3v) is 5.50. The minimum absolute atomic E-state index is 0.141. The SMILES string of the molecule is O=[N+]([O-])c1ccccc1N1CCN(c2nc(-c3cccnc3)nc3ccccc23)CC1. The van der Waals surface area contributed by atoms with Gasteiger partial charge in [0.2, 0.25) is 0 Å². The molecular formula is C23H20N6O2. The molecule has 1 saturated heterocycles. The zero-order valence-corrected chi connectivity index (χ0v) is 16.8. The first kappa shape index (κ1) is 18.9. The summed E-state index contributed by atoms with van der Waals surface area (Å²) in [6.07, 6.45) is 3.49. The Balaban J connectivity index is 1.47. The lowest BCUT2D eigenvalue weighted by Crippen LogP contribution is -2.47. The Labute approximate surface area is 179 Å². The van der Waals surface area contributed by atoms with Crippen molar-refractivity contribution in [3.05, 3.63) is 83.2 Å². The number of pyridine rings is 1. The number of nitro benzene ring substituents is 1. The molecule has 0 unspecified atom stereocenters. The molecule has 1 aliphatic rings. The maximum Gasteiger partial charge on any atom is 0.292 e. The van der Waals surface area contributed by atoms with E-state index in [9.17, 15) is 10.1 Å². The molecule has 0 radical (unpaired) electrons. The van der Waals surface area contributed by atoms with Crippen LogP contribution >= 0.6 is 0 Å². The van der Waals surface area contributed by atoms with Crippen LogP contribution in [0.5, 0.6) is 0 Å². The van der Waals surface area contributed by atoms with E-state index in [0.717, 1.165) is 22.3 Å². The fourth-order valence-electron chi connectivity index (χ4n) is 3.97. The Morgan fingerprint density at radius 1 is 0.839 bits per heavy atom. The zero-order chi connectivity index (χ0) is 21.2. The number of hydrogen-bond acceptors (Lipinski definition) is 7. The van der Waals surface area contributed by atoms with E-state index in [0.29, 0.717) is 37.7 Å². The van der Waals surface area contributed by atoms with Crippen molar-refractivity contribution in [3.63, 3.8) is 0 Å². The van der Waals surface area contributed by atoms with Crippen molar-refractivity contribution in [2.45, 2.75) is 0 Å². The van der Waals surface area contributed by atoms with E-state index in [1.165, 1.54) is 0 Å². The summed E-state index contributed by atoms with van der Waals surface area (Å²) in [5.74, 6) is 1.52. The van der Waals surface area contributed by atoms with Crippen LogP contribution in [0.1, 0.15) is 0 Å². The summed E-state index contributed by atoms with van der Waals surface area (Å²) in [5.41, 5.74) is 2.55. The van der Waals surface area contributed by atoms with E-state index >= 15 is 0 Å². The second-order valence-electron chi connectivity index (χ2n) is 7.35. The summed E-state index contributed by atoms with van der Waals surface area (Å²) in [6, 6.07) is 18.7. The summed E-state index contributed by atoms with van der Waals surface area (Å²) in [7, 11) is 0. The molecule has 0 aliphatic carbocycles. The Morgan fingerprint density at radius 3 is 2.35 bits per heavy atom. The number of nitrogens with zero attached hydrogens (tertiary/aromatic N) is 6. The summed E-state index contributed by atoms with van der Waals surface area (Å²) >= 11 is 0. The zero-order valence-electron chi connectivity index (χ0n) is 16.8. The van der Waals surface area contributed by atoms with Gasteiger partial charge in [-0.2, -0.15) is 0 Å². The van der Waals surface area contributed by atoms with E-state index in [1.807, 2.05) is 48.5 Å². The van der Waals surface area contributed by atoms with Crippen LogP contribution in [0.25, 0.3) is 22.3 Å². The average Bonchev–Trinajstić information content (AvgIpc) is 2.84. The standard InChI is InChI=1S/C23H20N6O2/c30-29(31)21-10-4-3-9-20(21)27-12-14-28(15-13-27)23-18-7-1-2-8-19(18)25-22(26-23)17-6-5-11-24-16-17/h1-11,16H,12-15H2. The molecule has 0 atom stereocenters. The predicted octanol–water partition coefficient (Wildman–Crippen LogP) is 3.93. The number of benzene rings is 2. The lowest BCUT2D eigenvalue weighted by atomic mass is 10.1. The summed E-state index contributed by atoms with van der Waals surface area (Å²) in [4.78, 5) is 29.2. The highest BCUT2D eigenvalue weighted by Crippen LogP contribution is 2.31. The van der Waals surface area contributed by atoms with Gasteiger partial charge in [-0.05, 0) is 30.3 Å². The third-order valence-electron chi connectivity index (χ3n) is 5.50. The van der Waals surface area contributed by atoms with Crippen molar-refractivity contribution in [3.8, 4) is 11.4 Å². The van der Waals surface area contributed by atoms with Crippen LogP contribution in [-0.4, -0.2) is 46.1 Å². The highest BCUT2D eigenvalue weighted by Gasteiger charge is 2.25. The van der Waals surface area contributed by atoms with Crippen molar-refractivity contribution in [2.75, 3.05) is 36.0 Å². The van der Waals surface area contributed by atoms with Gasteiger partial charge >= 0.3 is 0 Å². The number of nitro groups is 1. The summed E-state index contributed by atoms with van der Waals surface area (Å²) in [6.45, 7) is 2.76. The molecule has 2 aromatic heterocycles. The molecule has 0 saturated carbocycles. The number of piperazine rings is 1. The first-order valence-corrected chi connectivity index (χ1v) is 10.1. The normalized spacial score (nSPS) is 14.1. The largest absolute Gasteiger partial charge is 0.362 e. The van der Waals surface area contributed by atoms with Gasteiger partial charge in [-0.15, -0.1) is 0 Å². The molecule has 8 heteroatoms. The maximum absolute atomic E-state index is 11.4. The molecule has 0 amide bonds. The number of para-hydroxylation sites is 3. The molecule has 1 aliphatic heterocycles. The van der Waals surface area contributed by atoms with Gasteiger partial charge in [0.1, 0.15) is 11.5 Å². The van der Waals surface area contributed by atoms with Crippen molar-refractivity contribution in [1.82, 2.24) is 15.0 Å². The van der Waals surface area contributed by atoms with E-state index in [-0.39, 0.29) is 10.6 Å². The molecule has 3 heterocycles. The molecule has 0 bridgehead atoms. The molecule has 8 nitrogen and oxygen atoms in total. The average molecular weight is 412 g/mol. The van der Waals surface area contributed by atoms with E-state index in [1.54, 1.807) is 24.5 Å². The molecule has 1 fully saturated rings. The highest BCUT2D eigenvalue weighted by molar-refractivity contribution is 5.91. The second kappa shape index (κ2) is 7.98. The van der Waals surface area contributed by atoms with Crippen LogP contribution < -0.4 is 9.80 Å². The van der Waals surface area contributed by atoms with Crippen LogP contribution in [0.2, 0.25) is 0 Å². The Morgan fingerprint density at radius 2 is 1.58 bits per heavy atom. The fraction of sp³-hybridized carbons (Fsp3) is 0.174. The second-order valence-corrected chi connectivity index (χ2v) is 7.35. The molecule has 154 valence electrons. The molecular weight excluding hydrogens is 392 g/mol.